The number of carbonyl (C=O) groups excluding carboxylic acids is 2. The summed E-state index contributed by atoms with van der Waals surface area (Å²) in [5, 5.41) is 2.70. The summed E-state index contributed by atoms with van der Waals surface area (Å²) in [6.07, 6.45) is 4.20. The molecule has 1 fully saturated rings. The smallest absolute Gasteiger partial charge is 0.329 e. The van der Waals surface area contributed by atoms with Crippen molar-refractivity contribution in [1.29, 1.82) is 0 Å². The lowest BCUT2D eigenvalue weighted by Gasteiger charge is -2.18. The first-order valence-corrected chi connectivity index (χ1v) is 9.76. The summed E-state index contributed by atoms with van der Waals surface area (Å²) in [6.45, 7) is 6.58. The van der Waals surface area contributed by atoms with Crippen molar-refractivity contribution in [2.45, 2.75) is 27.2 Å². The Morgan fingerprint density at radius 3 is 2.80 bits per heavy atom. The van der Waals surface area contributed by atoms with Gasteiger partial charge in [-0.1, -0.05) is 13.8 Å². The molecule has 30 heavy (non-hydrogen) atoms. The Hall–Kier alpha value is -3.46. The van der Waals surface area contributed by atoms with Crippen LogP contribution in [0.5, 0.6) is 11.5 Å². The Morgan fingerprint density at radius 1 is 1.30 bits per heavy atom. The standard InChI is InChI=1S/C21H24N6O3/c1-13-17(30-15-6-8-22-16(10-15)14-11-23-24-12-14)4-5-18(25-13)26-20(29)27-9-7-21(2,3)19(27)28/h4-6,8,10-11,23-24H,7,9,12H2,1-3H3,(H,25,26,29). The van der Waals surface area contributed by atoms with Crippen LogP contribution in [0.2, 0.25) is 0 Å². The van der Waals surface area contributed by atoms with Crippen LogP contribution in [0.1, 0.15) is 31.7 Å². The minimum atomic E-state index is -0.511. The second-order valence-electron chi connectivity index (χ2n) is 7.95. The molecule has 0 bridgehead atoms. The molecule has 2 aromatic heterocycles. The fourth-order valence-corrected chi connectivity index (χ4v) is 3.34. The van der Waals surface area contributed by atoms with Crippen LogP contribution in [0.3, 0.4) is 0 Å². The van der Waals surface area contributed by atoms with E-state index in [1.165, 1.54) is 4.90 Å². The second-order valence-corrected chi connectivity index (χ2v) is 7.95. The Balaban J connectivity index is 1.44. The van der Waals surface area contributed by atoms with Crippen molar-refractivity contribution in [3.63, 3.8) is 0 Å². The molecule has 0 atom stereocenters. The number of anilines is 1. The lowest BCUT2D eigenvalue weighted by molar-refractivity contribution is -0.131. The van der Waals surface area contributed by atoms with Crippen molar-refractivity contribution in [1.82, 2.24) is 25.7 Å². The highest BCUT2D eigenvalue weighted by Gasteiger charge is 2.41. The van der Waals surface area contributed by atoms with Crippen LogP contribution in [-0.4, -0.2) is 39.9 Å². The lowest BCUT2D eigenvalue weighted by atomic mass is 9.92. The second kappa shape index (κ2) is 7.75. The van der Waals surface area contributed by atoms with Gasteiger partial charge in [-0.05, 0) is 31.5 Å². The maximum atomic E-state index is 12.5. The first-order chi connectivity index (χ1) is 14.3. The molecule has 2 aromatic rings. The Labute approximate surface area is 174 Å². The number of hydrogen-bond acceptors (Lipinski definition) is 7. The number of likely N-dealkylation sites (tertiary alicyclic amines) is 1. The Kier molecular flexibility index (Phi) is 5.13. The quantitative estimate of drug-likeness (QED) is 0.714. The first-order valence-electron chi connectivity index (χ1n) is 9.76. The minimum absolute atomic E-state index is 0.173. The van der Waals surface area contributed by atoms with Gasteiger partial charge >= 0.3 is 6.03 Å². The van der Waals surface area contributed by atoms with E-state index in [0.29, 0.717) is 42.5 Å². The summed E-state index contributed by atoms with van der Waals surface area (Å²) >= 11 is 0. The predicted octanol–water partition coefficient (Wildman–Crippen LogP) is 2.82. The highest BCUT2D eigenvalue weighted by molar-refractivity contribution is 6.03. The number of amides is 3. The van der Waals surface area contributed by atoms with Gasteiger partial charge in [-0.25, -0.2) is 15.2 Å². The number of aromatic nitrogens is 2. The molecule has 0 aromatic carbocycles. The lowest BCUT2D eigenvalue weighted by Crippen LogP contribution is -2.39. The van der Waals surface area contributed by atoms with Crippen LogP contribution >= 0.6 is 0 Å². The molecule has 2 aliphatic rings. The van der Waals surface area contributed by atoms with Crippen molar-refractivity contribution in [3.05, 3.63) is 48.1 Å². The SMILES string of the molecule is Cc1nc(NC(=O)N2CCC(C)(C)C2=O)ccc1Oc1ccnc(C2=CNNC2)c1. The minimum Gasteiger partial charge on any atom is -0.455 e. The predicted molar refractivity (Wildman–Crippen MR) is 112 cm³/mol. The zero-order valence-electron chi connectivity index (χ0n) is 17.2. The molecule has 9 nitrogen and oxygen atoms in total. The third kappa shape index (κ3) is 3.97. The fourth-order valence-electron chi connectivity index (χ4n) is 3.34. The van der Waals surface area contributed by atoms with Crippen LogP contribution in [-0.2, 0) is 4.79 Å². The molecule has 9 heteroatoms. The van der Waals surface area contributed by atoms with Crippen LogP contribution in [0.15, 0.2) is 36.7 Å². The molecular weight excluding hydrogens is 384 g/mol. The van der Waals surface area contributed by atoms with Gasteiger partial charge in [-0.3, -0.25) is 20.0 Å². The van der Waals surface area contributed by atoms with Crippen LogP contribution in [0.4, 0.5) is 10.6 Å². The average molecular weight is 408 g/mol. The van der Waals surface area contributed by atoms with Gasteiger partial charge < -0.3 is 10.2 Å². The van der Waals surface area contributed by atoms with E-state index in [2.05, 4.69) is 26.1 Å². The van der Waals surface area contributed by atoms with E-state index in [-0.39, 0.29) is 5.91 Å². The Morgan fingerprint density at radius 2 is 2.13 bits per heavy atom. The summed E-state index contributed by atoms with van der Waals surface area (Å²) in [7, 11) is 0. The van der Waals surface area contributed by atoms with Crippen molar-refractivity contribution in [2.24, 2.45) is 5.41 Å². The third-order valence-corrected chi connectivity index (χ3v) is 5.22. The summed E-state index contributed by atoms with van der Waals surface area (Å²) in [6, 6.07) is 6.57. The van der Waals surface area contributed by atoms with Gasteiger partial charge in [0, 0.05) is 42.5 Å². The van der Waals surface area contributed by atoms with E-state index in [9.17, 15) is 9.59 Å². The molecule has 3 N–H and O–H groups in total. The molecule has 0 radical (unpaired) electrons. The molecular formula is C21H24N6O3. The summed E-state index contributed by atoms with van der Waals surface area (Å²) in [5.74, 6) is 1.40. The van der Waals surface area contributed by atoms with Gasteiger partial charge in [0.2, 0.25) is 5.91 Å². The molecule has 0 unspecified atom stereocenters. The largest absolute Gasteiger partial charge is 0.455 e. The third-order valence-electron chi connectivity index (χ3n) is 5.22. The van der Waals surface area contributed by atoms with Gasteiger partial charge in [0.15, 0.2) is 0 Å². The zero-order chi connectivity index (χ0) is 21.3. The number of aryl methyl sites for hydroxylation is 1. The summed E-state index contributed by atoms with van der Waals surface area (Å²) in [4.78, 5) is 34.8. The van der Waals surface area contributed by atoms with Crippen molar-refractivity contribution in [2.75, 3.05) is 18.4 Å². The van der Waals surface area contributed by atoms with E-state index in [4.69, 9.17) is 4.74 Å². The molecule has 4 rings (SSSR count). The number of pyridine rings is 2. The van der Waals surface area contributed by atoms with Gasteiger partial charge in [-0.15, -0.1) is 0 Å². The molecule has 0 aliphatic carbocycles. The van der Waals surface area contributed by atoms with Crippen molar-refractivity contribution >= 4 is 23.3 Å². The van der Waals surface area contributed by atoms with E-state index < -0.39 is 11.4 Å². The number of hydrazine groups is 1. The molecule has 4 heterocycles. The molecule has 0 saturated carbocycles. The normalized spacial score (nSPS) is 17.5. The highest BCUT2D eigenvalue weighted by Crippen LogP contribution is 2.31. The molecule has 0 spiro atoms. The zero-order valence-corrected chi connectivity index (χ0v) is 17.2. The average Bonchev–Trinajstić information content (AvgIpc) is 3.33. The molecule has 3 amide bonds. The maximum Gasteiger partial charge on any atom is 0.329 e. The van der Waals surface area contributed by atoms with E-state index in [1.807, 2.05) is 26.1 Å². The number of nitrogens with zero attached hydrogens (tertiary/aromatic N) is 3. The molecule has 2 aliphatic heterocycles. The van der Waals surface area contributed by atoms with E-state index in [0.717, 1.165) is 11.3 Å². The van der Waals surface area contributed by atoms with E-state index >= 15 is 0 Å². The van der Waals surface area contributed by atoms with Crippen molar-refractivity contribution in [3.8, 4) is 11.5 Å². The highest BCUT2D eigenvalue weighted by atomic mass is 16.5. The number of carbonyl (C=O) groups is 2. The van der Waals surface area contributed by atoms with Crippen LogP contribution in [0.25, 0.3) is 5.57 Å². The Bertz CT molecular complexity index is 1030. The van der Waals surface area contributed by atoms with Gasteiger partial charge in [0.25, 0.3) is 0 Å². The number of urea groups is 1. The summed E-state index contributed by atoms with van der Waals surface area (Å²) < 4.78 is 5.97. The maximum absolute atomic E-state index is 12.5. The topological polar surface area (TPSA) is 108 Å². The van der Waals surface area contributed by atoms with Crippen molar-refractivity contribution < 1.29 is 14.3 Å². The van der Waals surface area contributed by atoms with Gasteiger partial charge in [0.1, 0.15) is 17.3 Å². The number of rotatable bonds is 4. The number of nitrogens with one attached hydrogen (secondary N) is 3. The van der Waals surface area contributed by atoms with Crippen LogP contribution in [0, 0.1) is 12.3 Å². The first kappa shape index (κ1) is 19.8. The monoisotopic (exact) mass is 408 g/mol. The fraction of sp³-hybridized carbons (Fsp3) is 0.333. The molecule has 156 valence electrons. The number of imide groups is 1. The van der Waals surface area contributed by atoms with Gasteiger partial charge in [0.05, 0.1) is 11.4 Å². The number of ether oxygens (including phenoxy) is 1. The van der Waals surface area contributed by atoms with E-state index in [1.54, 1.807) is 31.3 Å². The van der Waals surface area contributed by atoms with Crippen LogP contribution < -0.4 is 20.9 Å². The number of hydrogen-bond donors (Lipinski definition) is 3. The molecule has 1 saturated heterocycles. The summed E-state index contributed by atoms with van der Waals surface area (Å²) in [5.41, 5.74) is 7.90. The van der Waals surface area contributed by atoms with Gasteiger partial charge in [-0.2, -0.15) is 0 Å².